The third kappa shape index (κ3) is 4.09. The van der Waals surface area contributed by atoms with E-state index in [0.29, 0.717) is 13.1 Å². The Labute approximate surface area is 156 Å². The molecule has 1 amide bonds. The second-order valence-corrected chi connectivity index (χ2v) is 7.08. The number of hydrogen-bond acceptors (Lipinski definition) is 3. The number of aromatic nitrogens is 2. The molecule has 1 aliphatic heterocycles. The fraction of sp³-hybridized carbons (Fsp3) is 0.524. The summed E-state index contributed by atoms with van der Waals surface area (Å²) in [6, 6.07) is 8.66. The Hall–Kier alpha value is -2.30. The lowest BCUT2D eigenvalue weighted by Gasteiger charge is -2.31. The van der Waals surface area contributed by atoms with Gasteiger partial charge in [-0.1, -0.05) is 25.1 Å². The molecule has 3 rings (SSSR count). The first-order chi connectivity index (χ1) is 12.6. The Bertz CT molecular complexity index is 765. The Morgan fingerprint density at radius 3 is 2.85 bits per heavy atom. The quantitative estimate of drug-likeness (QED) is 0.778. The van der Waals surface area contributed by atoms with Crippen LogP contribution >= 0.6 is 0 Å². The molecule has 0 saturated carbocycles. The van der Waals surface area contributed by atoms with Crippen molar-refractivity contribution in [2.45, 2.75) is 53.0 Å². The molecule has 2 heterocycles. The van der Waals surface area contributed by atoms with Crippen molar-refractivity contribution < 1.29 is 4.79 Å². The number of amides is 1. The molecular weight excluding hydrogens is 324 g/mol. The van der Waals surface area contributed by atoms with Crippen molar-refractivity contribution >= 4 is 11.6 Å². The molecule has 0 radical (unpaired) electrons. The number of nitrogens with zero attached hydrogens (tertiary/aromatic N) is 3. The summed E-state index contributed by atoms with van der Waals surface area (Å²) in [5.41, 5.74) is 6.19. The number of benzene rings is 1. The predicted octanol–water partition coefficient (Wildman–Crippen LogP) is 3.02. The van der Waals surface area contributed by atoms with Gasteiger partial charge in [-0.25, -0.2) is 0 Å². The van der Waals surface area contributed by atoms with Crippen LogP contribution < -0.4 is 10.2 Å². The lowest BCUT2D eigenvalue weighted by molar-refractivity contribution is -0.121. The van der Waals surface area contributed by atoms with Crippen LogP contribution in [0.15, 0.2) is 24.3 Å². The summed E-state index contributed by atoms with van der Waals surface area (Å²) < 4.78 is 1.82. The Kier molecular flexibility index (Phi) is 5.96. The molecule has 5 nitrogen and oxygen atoms in total. The summed E-state index contributed by atoms with van der Waals surface area (Å²) in [4.78, 5) is 14.7. The van der Waals surface area contributed by atoms with Crippen LogP contribution in [0.2, 0.25) is 0 Å². The van der Waals surface area contributed by atoms with E-state index in [4.69, 9.17) is 0 Å². The lowest BCUT2D eigenvalue weighted by Crippen LogP contribution is -2.34. The molecule has 0 atom stereocenters. The second kappa shape index (κ2) is 8.39. The number of aryl methyl sites for hydroxylation is 2. The van der Waals surface area contributed by atoms with Gasteiger partial charge in [0.1, 0.15) is 6.54 Å². The van der Waals surface area contributed by atoms with Gasteiger partial charge in [-0.05, 0) is 56.7 Å². The van der Waals surface area contributed by atoms with E-state index in [1.165, 1.54) is 29.7 Å². The van der Waals surface area contributed by atoms with Crippen molar-refractivity contribution in [2.75, 3.05) is 24.5 Å². The predicted molar refractivity (Wildman–Crippen MR) is 106 cm³/mol. The normalized spacial score (nSPS) is 13.6. The highest BCUT2D eigenvalue weighted by Crippen LogP contribution is 2.26. The summed E-state index contributed by atoms with van der Waals surface area (Å²) in [5.74, 6) is 0.0392. The monoisotopic (exact) mass is 354 g/mol. The molecule has 0 spiro atoms. The van der Waals surface area contributed by atoms with Crippen LogP contribution in [0.25, 0.3) is 0 Å². The van der Waals surface area contributed by atoms with Crippen LogP contribution in [-0.2, 0) is 24.2 Å². The number of carbonyl (C=O) groups is 1. The van der Waals surface area contributed by atoms with Crippen molar-refractivity contribution in [1.82, 2.24) is 15.1 Å². The highest BCUT2D eigenvalue weighted by atomic mass is 16.2. The molecule has 1 aromatic heterocycles. The van der Waals surface area contributed by atoms with E-state index >= 15 is 0 Å². The number of rotatable bonds is 7. The topological polar surface area (TPSA) is 50.2 Å². The van der Waals surface area contributed by atoms with Gasteiger partial charge in [0, 0.05) is 31.0 Å². The first-order valence-electron chi connectivity index (χ1n) is 9.72. The van der Waals surface area contributed by atoms with Crippen LogP contribution in [0, 0.1) is 13.8 Å². The number of hydrogen-bond donors (Lipinski definition) is 1. The van der Waals surface area contributed by atoms with E-state index in [9.17, 15) is 4.79 Å². The van der Waals surface area contributed by atoms with Crippen LogP contribution in [0.1, 0.15) is 42.3 Å². The Morgan fingerprint density at radius 2 is 2.08 bits per heavy atom. The highest BCUT2D eigenvalue weighted by molar-refractivity contribution is 5.75. The minimum Gasteiger partial charge on any atom is -0.371 e. The minimum atomic E-state index is 0.0392. The molecule has 0 bridgehead atoms. The van der Waals surface area contributed by atoms with E-state index in [0.717, 1.165) is 37.3 Å². The van der Waals surface area contributed by atoms with Crippen LogP contribution in [-0.4, -0.2) is 35.3 Å². The third-order valence-corrected chi connectivity index (χ3v) is 5.31. The Morgan fingerprint density at radius 1 is 1.27 bits per heavy atom. The van der Waals surface area contributed by atoms with E-state index in [1.807, 2.05) is 18.5 Å². The first kappa shape index (κ1) is 18.5. The molecule has 5 heteroatoms. The van der Waals surface area contributed by atoms with Gasteiger partial charge in [0.05, 0.1) is 5.69 Å². The third-order valence-electron chi connectivity index (χ3n) is 5.31. The van der Waals surface area contributed by atoms with E-state index in [-0.39, 0.29) is 5.91 Å². The Balaban J connectivity index is 1.45. The summed E-state index contributed by atoms with van der Waals surface area (Å²) in [6.45, 7) is 9.28. The van der Waals surface area contributed by atoms with Gasteiger partial charge >= 0.3 is 0 Å². The van der Waals surface area contributed by atoms with Crippen molar-refractivity contribution in [1.29, 1.82) is 0 Å². The summed E-state index contributed by atoms with van der Waals surface area (Å²) in [6.07, 6.45) is 4.29. The maximum atomic E-state index is 12.2. The van der Waals surface area contributed by atoms with Crippen molar-refractivity contribution in [3.63, 3.8) is 0 Å². The zero-order valence-electron chi connectivity index (χ0n) is 16.2. The molecule has 0 unspecified atom stereocenters. The number of carbonyl (C=O) groups excluding carboxylic acids is 1. The zero-order chi connectivity index (χ0) is 18.5. The minimum absolute atomic E-state index is 0.0392. The van der Waals surface area contributed by atoms with Crippen molar-refractivity contribution in [3.05, 3.63) is 46.8 Å². The molecule has 0 saturated heterocycles. The SMILES string of the molecule is CCc1c(C)nn(CC(=O)NCCCN2CCCc3ccccc32)c1C. The lowest BCUT2D eigenvalue weighted by atomic mass is 10.0. The standard InChI is InChI=1S/C21H30N4O/c1-4-19-16(2)23-25(17(19)3)15-21(26)22-12-8-14-24-13-7-10-18-9-5-6-11-20(18)24/h5-6,9,11H,4,7-8,10,12-15H2,1-3H3,(H,22,26). The van der Waals surface area contributed by atoms with Gasteiger partial charge in [-0.2, -0.15) is 5.10 Å². The maximum Gasteiger partial charge on any atom is 0.241 e. The van der Waals surface area contributed by atoms with Crippen LogP contribution in [0.5, 0.6) is 0 Å². The first-order valence-corrected chi connectivity index (χ1v) is 9.72. The van der Waals surface area contributed by atoms with E-state index < -0.39 is 0 Å². The summed E-state index contributed by atoms with van der Waals surface area (Å²) in [7, 11) is 0. The molecule has 140 valence electrons. The van der Waals surface area contributed by atoms with Gasteiger partial charge in [0.2, 0.25) is 5.91 Å². The molecule has 1 aromatic carbocycles. The average Bonchev–Trinajstić information content (AvgIpc) is 2.91. The van der Waals surface area contributed by atoms with Crippen molar-refractivity contribution in [3.8, 4) is 0 Å². The molecular formula is C21H30N4O. The fourth-order valence-corrected chi connectivity index (χ4v) is 3.93. The highest BCUT2D eigenvalue weighted by Gasteiger charge is 2.16. The second-order valence-electron chi connectivity index (χ2n) is 7.08. The summed E-state index contributed by atoms with van der Waals surface area (Å²) in [5, 5.41) is 7.54. The van der Waals surface area contributed by atoms with E-state index in [1.54, 1.807) is 0 Å². The molecule has 0 aliphatic carbocycles. The molecule has 0 fully saturated rings. The van der Waals surface area contributed by atoms with Gasteiger partial charge in [0.25, 0.3) is 0 Å². The zero-order valence-corrected chi connectivity index (χ0v) is 16.2. The van der Waals surface area contributed by atoms with Crippen LogP contribution in [0.4, 0.5) is 5.69 Å². The number of nitrogens with one attached hydrogen (secondary N) is 1. The number of anilines is 1. The number of para-hydroxylation sites is 1. The molecule has 1 N–H and O–H groups in total. The fourth-order valence-electron chi connectivity index (χ4n) is 3.93. The molecule has 2 aromatic rings. The average molecular weight is 354 g/mol. The molecule has 26 heavy (non-hydrogen) atoms. The maximum absolute atomic E-state index is 12.2. The van der Waals surface area contributed by atoms with Gasteiger partial charge in [-0.3, -0.25) is 9.48 Å². The van der Waals surface area contributed by atoms with Gasteiger partial charge in [0.15, 0.2) is 0 Å². The van der Waals surface area contributed by atoms with Crippen molar-refractivity contribution in [2.24, 2.45) is 0 Å². The van der Waals surface area contributed by atoms with Crippen LogP contribution in [0.3, 0.4) is 0 Å². The van der Waals surface area contributed by atoms with Gasteiger partial charge < -0.3 is 10.2 Å². The number of fused-ring (bicyclic) bond motifs is 1. The molecule has 1 aliphatic rings. The van der Waals surface area contributed by atoms with Gasteiger partial charge in [-0.15, -0.1) is 0 Å². The van der Waals surface area contributed by atoms with E-state index in [2.05, 4.69) is 46.5 Å². The largest absolute Gasteiger partial charge is 0.371 e. The summed E-state index contributed by atoms with van der Waals surface area (Å²) >= 11 is 0. The smallest absolute Gasteiger partial charge is 0.241 e.